The van der Waals surface area contributed by atoms with Crippen LogP contribution in [0.4, 0.5) is 5.69 Å². The van der Waals surface area contributed by atoms with Crippen LogP contribution in [0.15, 0.2) is 18.2 Å². The molecule has 0 aliphatic carbocycles. The van der Waals surface area contributed by atoms with Crippen LogP contribution < -0.4 is 5.32 Å². The molecule has 1 heteroatoms. The normalized spacial score (nSPS) is 10.1. The minimum absolute atomic E-state index is 1.19. The van der Waals surface area contributed by atoms with E-state index < -0.39 is 0 Å². The van der Waals surface area contributed by atoms with E-state index in [4.69, 9.17) is 0 Å². The average molecular weight is 177 g/mol. The van der Waals surface area contributed by atoms with Crippen LogP contribution in [0.2, 0.25) is 0 Å². The molecule has 0 aliphatic rings. The van der Waals surface area contributed by atoms with Gasteiger partial charge in [0.1, 0.15) is 0 Å². The molecule has 1 aromatic rings. The zero-order valence-electron chi connectivity index (χ0n) is 8.85. The summed E-state index contributed by atoms with van der Waals surface area (Å²) in [6.45, 7) is 4.38. The Morgan fingerprint density at radius 3 is 2.69 bits per heavy atom. The first-order valence-electron chi connectivity index (χ1n) is 5.05. The van der Waals surface area contributed by atoms with Crippen molar-refractivity contribution in [3.8, 4) is 0 Å². The van der Waals surface area contributed by atoms with Gasteiger partial charge in [-0.25, -0.2) is 0 Å². The van der Waals surface area contributed by atoms with E-state index in [1.807, 2.05) is 7.05 Å². The predicted octanol–water partition coefficient (Wildman–Crippen LogP) is 3.38. The van der Waals surface area contributed by atoms with E-state index in [2.05, 4.69) is 37.4 Å². The molecular weight excluding hydrogens is 158 g/mol. The minimum Gasteiger partial charge on any atom is -0.388 e. The minimum atomic E-state index is 1.19. The van der Waals surface area contributed by atoms with Gasteiger partial charge in [-0.2, -0.15) is 0 Å². The number of aryl methyl sites for hydroxylation is 2. The van der Waals surface area contributed by atoms with Gasteiger partial charge in [0.05, 0.1) is 0 Å². The van der Waals surface area contributed by atoms with Gasteiger partial charge < -0.3 is 5.32 Å². The van der Waals surface area contributed by atoms with E-state index in [9.17, 15) is 0 Å². The molecule has 0 aromatic heterocycles. The van der Waals surface area contributed by atoms with Crippen LogP contribution in [-0.2, 0) is 6.42 Å². The summed E-state index contributed by atoms with van der Waals surface area (Å²) in [7, 11) is 1.99. The maximum Gasteiger partial charge on any atom is 0.0370 e. The summed E-state index contributed by atoms with van der Waals surface area (Å²) >= 11 is 0. The zero-order chi connectivity index (χ0) is 9.68. The Labute approximate surface area is 81.2 Å². The Kier molecular flexibility index (Phi) is 3.81. The van der Waals surface area contributed by atoms with Crippen molar-refractivity contribution < 1.29 is 0 Å². The maximum absolute atomic E-state index is 3.23. The molecule has 0 unspecified atom stereocenters. The van der Waals surface area contributed by atoms with Gasteiger partial charge in [0.2, 0.25) is 0 Å². The quantitative estimate of drug-likeness (QED) is 0.743. The van der Waals surface area contributed by atoms with Gasteiger partial charge in [-0.1, -0.05) is 31.0 Å². The Morgan fingerprint density at radius 1 is 1.31 bits per heavy atom. The SMILES string of the molecule is CCCCc1cc(C)ccc1NC. The molecule has 0 spiro atoms. The lowest BCUT2D eigenvalue weighted by Gasteiger charge is -2.09. The monoisotopic (exact) mass is 177 g/mol. The van der Waals surface area contributed by atoms with Crippen LogP contribution >= 0.6 is 0 Å². The largest absolute Gasteiger partial charge is 0.388 e. The van der Waals surface area contributed by atoms with Gasteiger partial charge in [0.15, 0.2) is 0 Å². The fourth-order valence-electron chi connectivity index (χ4n) is 1.54. The van der Waals surface area contributed by atoms with Crippen molar-refractivity contribution in [2.45, 2.75) is 33.1 Å². The molecule has 0 aliphatic heterocycles. The highest BCUT2D eigenvalue weighted by Gasteiger charge is 1.99. The van der Waals surface area contributed by atoms with Gasteiger partial charge in [-0.3, -0.25) is 0 Å². The fraction of sp³-hybridized carbons (Fsp3) is 0.500. The zero-order valence-corrected chi connectivity index (χ0v) is 8.85. The first kappa shape index (κ1) is 10.1. The fourth-order valence-corrected chi connectivity index (χ4v) is 1.54. The molecule has 1 nitrogen and oxygen atoms in total. The molecule has 0 radical (unpaired) electrons. The summed E-state index contributed by atoms with van der Waals surface area (Å²) in [5, 5.41) is 3.23. The Balaban J connectivity index is 2.81. The van der Waals surface area contributed by atoms with Crippen molar-refractivity contribution >= 4 is 5.69 Å². The Morgan fingerprint density at radius 2 is 2.08 bits per heavy atom. The lowest BCUT2D eigenvalue weighted by atomic mass is 10.0. The maximum atomic E-state index is 3.23. The summed E-state index contributed by atoms with van der Waals surface area (Å²) in [5.74, 6) is 0. The van der Waals surface area contributed by atoms with E-state index >= 15 is 0 Å². The molecule has 72 valence electrons. The van der Waals surface area contributed by atoms with Crippen molar-refractivity contribution in [3.63, 3.8) is 0 Å². The number of hydrogen-bond donors (Lipinski definition) is 1. The molecule has 1 N–H and O–H groups in total. The van der Waals surface area contributed by atoms with Gasteiger partial charge in [-0.05, 0) is 31.4 Å². The number of hydrogen-bond acceptors (Lipinski definition) is 1. The molecule has 0 atom stereocenters. The Bertz CT molecular complexity index is 266. The van der Waals surface area contributed by atoms with E-state index in [0.717, 1.165) is 0 Å². The number of benzene rings is 1. The van der Waals surface area contributed by atoms with Crippen LogP contribution in [0.1, 0.15) is 30.9 Å². The van der Waals surface area contributed by atoms with Gasteiger partial charge in [0, 0.05) is 12.7 Å². The van der Waals surface area contributed by atoms with Crippen LogP contribution in [-0.4, -0.2) is 7.05 Å². The van der Waals surface area contributed by atoms with Crippen molar-refractivity contribution in [3.05, 3.63) is 29.3 Å². The summed E-state index contributed by atoms with van der Waals surface area (Å²) in [6.07, 6.45) is 3.73. The van der Waals surface area contributed by atoms with E-state index in [0.29, 0.717) is 0 Å². The first-order chi connectivity index (χ1) is 6.27. The van der Waals surface area contributed by atoms with Crippen LogP contribution in [0.25, 0.3) is 0 Å². The number of anilines is 1. The van der Waals surface area contributed by atoms with Crippen LogP contribution in [0, 0.1) is 6.92 Å². The van der Waals surface area contributed by atoms with Crippen LogP contribution in [0.5, 0.6) is 0 Å². The van der Waals surface area contributed by atoms with Crippen molar-refractivity contribution in [2.75, 3.05) is 12.4 Å². The van der Waals surface area contributed by atoms with Crippen LogP contribution in [0.3, 0.4) is 0 Å². The third kappa shape index (κ3) is 2.76. The molecule has 0 fully saturated rings. The molecule has 13 heavy (non-hydrogen) atoms. The third-order valence-electron chi connectivity index (χ3n) is 2.33. The molecule has 1 aromatic carbocycles. The standard InChI is InChI=1S/C12H19N/c1-4-5-6-11-9-10(2)7-8-12(11)13-3/h7-9,13H,4-6H2,1-3H3. The molecule has 1 rings (SSSR count). The van der Waals surface area contributed by atoms with Gasteiger partial charge in [-0.15, -0.1) is 0 Å². The highest BCUT2D eigenvalue weighted by atomic mass is 14.8. The average Bonchev–Trinajstić information content (AvgIpc) is 2.15. The summed E-state index contributed by atoms with van der Waals surface area (Å²) in [6, 6.07) is 6.60. The molecule has 0 bridgehead atoms. The van der Waals surface area contributed by atoms with E-state index in [1.165, 1.54) is 36.1 Å². The topological polar surface area (TPSA) is 12.0 Å². The Hall–Kier alpha value is -0.980. The van der Waals surface area contributed by atoms with Crippen molar-refractivity contribution in [1.29, 1.82) is 0 Å². The summed E-state index contributed by atoms with van der Waals surface area (Å²) < 4.78 is 0. The highest BCUT2D eigenvalue weighted by Crippen LogP contribution is 2.18. The van der Waals surface area contributed by atoms with Crippen molar-refractivity contribution in [2.24, 2.45) is 0 Å². The van der Waals surface area contributed by atoms with Crippen molar-refractivity contribution in [1.82, 2.24) is 0 Å². The molecule has 0 heterocycles. The molecular formula is C12H19N. The number of nitrogens with one attached hydrogen (secondary N) is 1. The van der Waals surface area contributed by atoms with Gasteiger partial charge >= 0.3 is 0 Å². The lowest BCUT2D eigenvalue weighted by Crippen LogP contribution is -1.96. The lowest BCUT2D eigenvalue weighted by molar-refractivity contribution is 0.795. The predicted molar refractivity (Wildman–Crippen MR) is 59.3 cm³/mol. The molecule has 0 saturated heterocycles. The smallest absolute Gasteiger partial charge is 0.0370 e. The summed E-state index contributed by atoms with van der Waals surface area (Å²) in [4.78, 5) is 0. The third-order valence-corrected chi connectivity index (χ3v) is 2.33. The second kappa shape index (κ2) is 4.90. The van der Waals surface area contributed by atoms with E-state index in [1.54, 1.807) is 0 Å². The van der Waals surface area contributed by atoms with E-state index in [-0.39, 0.29) is 0 Å². The number of unbranched alkanes of at least 4 members (excludes halogenated alkanes) is 1. The summed E-state index contributed by atoms with van der Waals surface area (Å²) in [5.41, 5.74) is 4.08. The first-order valence-corrected chi connectivity index (χ1v) is 5.05. The molecule has 0 amide bonds. The second-order valence-electron chi connectivity index (χ2n) is 3.51. The highest BCUT2D eigenvalue weighted by molar-refractivity contribution is 5.52. The second-order valence-corrected chi connectivity index (χ2v) is 3.51. The van der Waals surface area contributed by atoms with Gasteiger partial charge in [0.25, 0.3) is 0 Å². The number of rotatable bonds is 4. The molecule has 0 saturated carbocycles.